The number of aromatic nitrogens is 4. The van der Waals surface area contributed by atoms with Gasteiger partial charge in [-0.25, -0.2) is 4.98 Å². The first-order valence-electron chi connectivity index (χ1n) is 8.33. The van der Waals surface area contributed by atoms with Gasteiger partial charge in [0.25, 0.3) is 0 Å². The van der Waals surface area contributed by atoms with Gasteiger partial charge in [-0.1, -0.05) is 42.4 Å². The van der Waals surface area contributed by atoms with Gasteiger partial charge in [-0.05, 0) is 31.5 Å². The van der Waals surface area contributed by atoms with Gasteiger partial charge in [-0.15, -0.1) is 0 Å². The summed E-state index contributed by atoms with van der Waals surface area (Å²) in [6.07, 6.45) is 5.48. The van der Waals surface area contributed by atoms with Crippen molar-refractivity contribution in [2.45, 2.75) is 31.7 Å². The predicted octanol–water partition coefficient (Wildman–Crippen LogP) is 3.01. The monoisotopic (exact) mass is 323 g/mol. The van der Waals surface area contributed by atoms with Gasteiger partial charge in [-0.3, -0.25) is 4.90 Å². The van der Waals surface area contributed by atoms with Gasteiger partial charge in [-0.2, -0.15) is 4.98 Å². The molecule has 0 saturated carbocycles. The second kappa shape index (κ2) is 6.20. The summed E-state index contributed by atoms with van der Waals surface area (Å²) in [5.74, 6) is 1.89. The Morgan fingerprint density at radius 3 is 2.71 bits per heavy atom. The molecule has 0 amide bonds. The number of H-pyrrole nitrogens is 1. The van der Waals surface area contributed by atoms with E-state index in [1.165, 1.54) is 5.56 Å². The van der Waals surface area contributed by atoms with E-state index >= 15 is 0 Å². The van der Waals surface area contributed by atoms with Crippen LogP contribution in [0.5, 0.6) is 0 Å². The Hall–Kier alpha value is -2.47. The number of piperidine rings is 1. The van der Waals surface area contributed by atoms with E-state index < -0.39 is 0 Å². The normalized spacial score (nSPS) is 17.9. The van der Waals surface area contributed by atoms with Crippen LogP contribution in [-0.4, -0.2) is 38.1 Å². The molecule has 1 aliphatic heterocycles. The van der Waals surface area contributed by atoms with Crippen molar-refractivity contribution in [2.75, 3.05) is 13.1 Å². The van der Waals surface area contributed by atoms with E-state index in [9.17, 15) is 0 Å². The molecule has 1 saturated heterocycles. The van der Waals surface area contributed by atoms with Crippen molar-refractivity contribution in [1.82, 2.24) is 25.0 Å². The molecule has 0 spiro atoms. The Labute approximate surface area is 140 Å². The Morgan fingerprint density at radius 1 is 1.21 bits per heavy atom. The van der Waals surface area contributed by atoms with Crippen molar-refractivity contribution < 1.29 is 4.52 Å². The van der Waals surface area contributed by atoms with Gasteiger partial charge in [0.15, 0.2) is 5.82 Å². The average molecular weight is 323 g/mol. The first-order valence-corrected chi connectivity index (χ1v) is 8.33. The lowest BCUT2D eigenvalue weighted by molar-refractivity contribution is 0.137. The van der Waals surface area contributed by atoms with E-state index in [1.54, 1.807) is 12.4 Å². The Bertz CT molecular complexity index is 773. The zero-order chi connectivity index (χ0) is 16.4. The highest BCUT2D eigenvalue weighted by Gasteiger charge is 2.37. The SMILES string of the molecule is CC1(c2nc(-c3ncc[nH]3)no2)CCN(Cc2ccccc2)CC1. The maximum absolute atomic E-state index is 5.54. The van der Waals surface area contributed by atoms with Crippen LogP contribution in [0.2, 0.25) is 0 Å². The third kappa shape index (κ3) is 2.97. The minimum absolute atomic E-state index is 0.0645. The highest BCUT2D eigenvalue weighted by molar-refractivity contribution is 5.41. The van der Waals surface area contributed by atoms with Crippen molar-refractivity contribution in [2.24, 2.45) is 0 Å². The number of aromatic amines is 1. The molecule has 2 aromatic heterocycles. The molecule has 0 aliphatic carbocycles. The third-order valence-electron chi connectivity index (χ3n) is 4.86. The molecular formula is C18H21N5O. The predicted molar refractivity (Wildman–Crippen MR) is 90.2 cm³/mol. The van der Waals surface area contributed by atoms with Gasteiger partial charge in [0.2, 0.25) is 11.7 Å². The summed E-state index contributed by atoms with van der Waals surface area (Å²) < 4.78 is 5.54. The number of nitrogens with one attached hydrogen (secondary N) is 1. The highest BCUT2D eigenvalue weighted by atomic mass is 16.5. The molecule has 0 bridgehead atoms. The number of imidazole rings is 1. The molecule has 3 aromatic rings. The molecule has 4 rings (SSSR count). The maximum Gasteiger partial charge on any atom is 0.238 e. The van der Waals surface area contributed by atoms with Crippen LogP contribution in [0.15, 0.2) is 47.2 Å². The van der Waals surface area contributed by atoms with Gasteiger partial charge in [0.1, 0.15) is 0 Å². The third-order valence-corrected chi connectivity index (χ3v) is 4.86. The maximum atomic E-state index is 5.54. The van der Waals surface area contributed by atoms with E-state index in [1.807, 2.05) is 0 Å². The summed E-state index contributed by atoms with van der Waals surface area (Å²) in [5.41, 5.74) is 1.30. The first-order chi connectivity index (χ1) is 11.7. The molecular weight excluding hydrogens is 302 g/mol. The summed E-state index contributed by atoms with van der Waals surface area (Å²) >= 11 is 0. The number of benzene rings is 1. The van der Waals surface area contributed by atoms with E-state index in [2.05, 4.69) is 62.3 Å². The standard InChI is InChI=1S/C18H21N5O/c1-18(17-21-16(22-24-17)15-19-9-10-20-15)7-11-23(12-8-18)13-14-5-3-2-4-6-14/h2-6,9-10H,7-8,11-13H2,1H3,(H,19,20). The molecule has 6 heteroatoms. The second-order valence-electron chi connectivity index (χ2n) is 6.68. The zero-order valence-electron chi connectivity index (χ0n) is 13.8. The summed E-state index contributed by atoms with van der Waals surface area (Å²) in [4.78, 5) is 14.2. The molecule has 1 aromatic carbocycles. The van der Waals surface area contributed by atoms with Crippen molar-refractivity contribution in [3.05, 3.63) is 54.2 Å². The van der Waals surface area contributed by atoms with E-state index in [-0.39, 0.29) is 5.41 Å². The molecule has 124 valence electrons. The summed E-state index contributed by atoms with van der Waals surface area (Å²) in [6, 6.07) is 10.6. The number of nitrogens with zero attached hydrogens (tertiary/aromatic N) is 4. The average Bonchev–Trinajstić information content (AvgIpc) is 3.29. The molecule has 6 nitrogen and oxygen atoms in total. The minimum atomic E-state index is -0.0645. The Kier molecular flexibility index (Phi) is 3.90. The van der Waals surface area contributed by atoms with Crippen LogP contribution in [0, 0.1) is 0 Å². The number of hydrogen-bond donors (Lipinski definition) is 1. The highest BCUT2D eigenvalue weighted by Crippen LogP contribution is 2.35. The molecule has 1 N–H and O–H groups in total. The van der Waals surface area contributed by atoms with Gasteiger partial charge in [0.05, 0.1) is 0 Å². The molecule has 0 radical (unpaired) electrons. The van der Waals surface area contributed by atoms with Crippen LogP contribution < -0.4 is 0 Å². The molecule has 1 aliphatic rings. The van der Waals surface area contributed by atoms with Crippen LogP contribution in [0.25, 0.3) is 11.6 Å². The zero-order valence-corrected chi connectivity index (χ0v) is 13.8. The van der Waals surface area contributed by atoms with Crippen LogP contribution in [0.3, 0.4) is 0 Å². The van der Waals surface area contributed by atoms with Gasteiger partial charge < -0.3 is 9.51 Å². The fourth-order valence-corrected chi connectivity index (χ4v) is 3.21. The molecule has 24 heavy (non-hydrogen) atoms. The number of hydrogen-bond acceptors (Lipinski definition) is 5. The number of likely N-dealkylation sites (tertiary alicyclic amines) is 1. The Balaban J connectivity index is 1.42. The fourth-order valence-electron chi connectivity index (χ4n) is 3.21. The van der Waals surface area contributed by atoms with Crippen molar-refractivity contribution in [3.63, 3.8) is 0 Å². The lowest BCUT2D eigenvalue weighted by atomic mass is 9.80. The van der Waals surface area contributed by atoms with E-state index in [0.717, 1.165) is 32.5 Å². The van der Waals surface area contributed by atoms with Gasteiger partial charge in [0, 0.05) is 24.4 Å². The van der Waals surface area contributed by atoms with Crippen molar-refractivity contribution >= 4 is 0 Å². The van der Waals surface area contributed by atoms with Crippen LogP contribution in [0.1, 0.15) is 31.2 Å². The summed E-state index contributed by atoms with van der Waals surface area (Å²) in [7, 11) is 0. The summed E-state index contributed by atoms with van der Waals surface area (Å²) in [6.45, 7) is 5.28. The largest absolute Gasteiger partial charge is 0.342 e. The van der Waals surface area contributed by atoms with Crippen LogP contribution in [-0.2, 0) is 12.0 Å². The lowest BCUT2D eigenvalue weighted by Gasteiger charge is -2.36. The first kappa shape index (κ1) is 15.1. The molecule has 1 fully saturated rings. The molecule has 3 heterocycles. The Morgan fingerprint density at radius 2 is 2.00 bits per heavy atom. The smallest absolute Gasteiger partial charge is 0.238 e. The van der Waals surface area contributed by atoms with Crippen LogP contribution >= 0.6 is 0 Å². The van der Waals surface area contributed by atoms with E-state index in [4.69, 9.17) is 4.52 Å². The number of rotatable bonds is 4. The van der Waals surface area contributed by atoms with Gasteiger partial charge >= 0.3 is 0 Å². The molecule has 0 atom stereocenters. The summed E-state index contributed by atoms with van der Waals surface area (Å²) in [5, 5.41) is 4.07. The van der Waals surface area contributed by atoms with Crippen molar-refractivity contribution in [3.8, 4) is 11.6 Å². The van der Waals surface area contributed by atoms with Crippen molar-refractivity contribution in [1.29, 1.82) is 0 Å². The lowest BCUT2D eigenvalue weighted by Crippen LogP contribution is -2.40. The van der Waals surface area contributed by atoms with E-state index in [0.29, 0.717) is 17.5 Å². The fraction of sp³-hybridized carbons (Fsp3) is 0.389. The minimum Gasteiger partial charge on any atom is -0.342 e. The quantitative estimate of drug-likeness (QED) is 0.799. The second-order valence-corrected chi connectivity index (χ2v) is 6.68. The topological polar surface area (TPSA) is 70.8 Å². The van der Waals surface area contributed by atoms with Crippen LogP contribution in [0.4, 0.5) is 0 Å². The molecule has 0 unspecified atom stereocenters.